The van der Waals surface area contributed by atoms with Crippen molar-refractivity contribution in [3.8, 4) is 0 Å². The Morgan fingerprint density at radius 1 is 1.07 bits per heavy atom. The largest absolute Gasteiger partial charge is 0.293 e. The lowest BCUT2D eigenvalue weighted by molar-refractivity contribution is -0.119. The average Bonchev–Trinajstić information content (AvgIpc) is 3.18. The first-order chi connectivity index (χ1) is 13.3. The number of anilines is 1. The molecule has 3 aromatic rings. The van der Waals surface area contributed by atoms with Crippen molar-refractivity contribution in [3.63, 3.8) is 0 Å². The van der Waals surface area contributed by atoms with Crippen molar-refractivity contribution in [3.05, 3.63) is 57.0 Å². The highest BCUT2D eigenvalue weighted by atomic mass is 16.2. The molecular formula is C18H16N6O4. The zero-order valence-corrected chi connectivity index (χ0v) is 15.3. The summed E-state index contributed by atoms with van der Waals surface area (Å²) >= 11 is 0. The first-order valence-corrected chi connectivity index (χ1v) is 8.53. The van der Waals surface area contributed by atoms with Gasteiger partial charge in [0.1, 0.15) is 6.04 Å². The van der Waals surface area contributed by atoms with Crippen LogP contribution in [0.4, 0.5) is 5.95 Å². The van der Waals surface area contributed by atoms with E-state index < -0.39 is 23.8 Å². The molecule has 1 aromatic carbocycles. The lowest BCUT2D eigenvalue weighted by atomic mass is 10.1. The molecule has 3 amide bonds. The quantitative estimate of drug-likeness (QED) is 0.642. The van der Waals surface area contributed by atoms with Gasteiger partial charge in [0, 0.05) is 11.3 Å². The molecule has 1 atom stereocenters. The summed E-state index contributed by atoms with van der Waals surface area (Å²) in [5.74, 6) is -1.59. The number of benzene rings is 1. The molecule has 0 saturated carbocycles. The molecule has 28 heavy (non-hydrogen) atoms. The molecule has 1 aliphatic heterocycles. The van der Waals surface area contributed by atoms with Crippen LogP contribution in [0.3, 0.4) is 0 Å². The van der Waals surface area contributed by atoms with Crippen molar-refractivity contribution < 1.29 is 14.4 Å². The number of fused-ring (bicyclic) bond motifs is 2. The highest BCUT2D eigenvalue weighted by molar-refractivity contribution is 6.23. The van der Waals surface area contributed by atoms with Gasteiger partial charge in [-0.2, -0.15) is 9.50 Å². The first kappa shape index (κ1) is 17.6. The summed E-state index contributed by atoms with van der Waals surface area (Å²) in [7, 11) is 0. The minimum atomic E-state index is -1.08. The van der Waals surface area contributed by atoms with E-state index in [-0.39, 0.29) is 28.4 Å². The van der Waals surface area contributed by atoms with Crippen molar-refractivity contribution in [2.24, 2.45) is 0 Å². The minimum Gasteiger partial charge on any atom is -0.293 e. The maximum absolute atomic E-state index is 12.6. The van der Waals surface area contributed by atoms with Gasteiger partial charge in [0.2, 0.25) is 11.9 Å². The third-order valence-electron chi connectivity index (χ3n) is 4.80. The van der Waals surface area contributed by atoms with Gasteiger partial charge in [-0.15, -0.1) is 0 Å². The molecule has 10 heteroatoms. The standard InChI is InChI=1S/C18H16N6O4/c1-8-9(2)19-18-21-17(22-24(18)14(8)26)20-13(25)10(3)23-15(27)11-6-4-5-7-12(11)16(23)28/h4-7,10H,1-3H3,(H2,19,20,21,22,25)/t10-/m1/s1. The number of nitrogens with zero attached hydrogens (tertiary/aromatic N) is 4. The molecule has 3 heterocycles. The van der Waals surface area contributed by atoms with E-state index in [1.807, 2.05) is 0 Å². The van der Waals surface area contributed by atoms with Crippen LogP contribution in [0.25, 0.3) is 5.78 Å². The Kier molecular flexibility index (Phi) is 3.84. The molecule has 0 spiro atoms. The minimum absolute atomic E-state index is 0.0111. The molecule has 10 nitrogen and oxygen atoms in total. The van der Waals surface area contributed by atoms with E-state index in [2.05, 4.69) is 20.4 Å². The van der Waals surface area contributed by atoms with Crippen LogP contribution in [0.5, 0.6) is 0 Å². The van der Waals surface area contributed by atoms with Crippen LogP contribution in [0.2, 0.25) is 0 Å². The van der Waals surface area contributed by atoms with E-state index in [0.717, 1.165) is 9.42 Å². The predicted molar refractivity (Wildman–Crippen MR) is 98.1 cm³/mol. The Morgan fingerprint density at radius 3 is 2.29 bits per heavy atom. The molecule has 4 rings (SSSR count). The lowest BCUT2D eigenvalue weighted by Crippen LogP contribution is -2.45. The zero-order valence-electron chi connectivity index (χ0n) is 15.3. The number of imide groups is 1. The molecule has 0 fully saturated rings. The number of amides is 3. The normalized spacial score (nSPS) is 14.5. The number of hydrogen-bond acceptors (Lipinski definition) is 6. The Bertz CT molecular complexity index is 1190. The van der Waals surface area contributed by atoms with E-state index in [4.69, 9.17) is 0 Å². The Hall–Kier alpha value is -3.82. The fraction of sp³-hybridized carbons (Fsp3) is 0.222. The highest BCUT2D eigenvalue weighted by Gasteiger charge is 2.40. The summed E-state index contributed by atoms with van der Waals surface area (Å²) in [5.41, 5.74) is 1.19. The molecular weight excluding hydrogens is 364 g/mol. The van der Waals surface area contributed by atoms with Gasteiger partial charge in [-0.1, -0.05) is 12.1 Å². The molecule has 2 aromatic heterocycles. The van der Waals surface area contributed by atoms with Gasteiger partial charge in [-0.3, -0.25) is 34.5 Å². The number of aromatic nitrogens is 4. The van der Waals surface area contributed by atoms with Crippen LogP contribution in [0, 0.1) is 13.8 Å². The fourth-order valence-electron chi connectivity index (χ4n) is 3.06. The second-order valence-corrected chi connectivity index (χ2v) is 6.53. The van der Waals surface area contributed by atoms with Gasteiger partial charge in [-0.05, 0) is 32.9 Å². The number of aryl methyl sites for hydroxylation is 1. The van der Waals surface area contributed by atoms with Crippen molar-refractivity contribution in [2.75, 3.05) is 5.32 Å². The summed E-state index contributed by atoms with van der Waals surface area (Å²) in [4.78, 5) is 59.1. The van der Waals surface area contributed by atoms with E-state index in [9.17, 15) is 19.2 Å². The second-order valence-electron chi connectivity index (χ2n) is 6.53. The number of nitrogens with one attached hydrogen (secondary N) is 2. The van der Waals surface area contributed by atoms with Gasteiger partial charge in [0.25, 0.3) is 23.2 Å². The van der Waals surface area contributed by atoms with Crippen molar-refractivity contribution in [1.29, 1.82) is 0 Å². The molecule has 0 aliphatic carbocycles. The van der Waals surface area contributed by atoms with E-state index >= 15 is 0 Å². The van der Waals surface area contributed by atoms with Gasteiger partial charge in [-0.25, -0.2) is 4.98 Å². The van der Waals surface area contributed by atoms with Crippen LogP contribution in [-0.4, -0.2) is 48.2 Å². The average molecular weight is 380 g/mol. The predicted octanol–water partition coefficient (Wildman–Crippen LogP) is 0.658. The topological polar surface area (TPSA) is 130 Å². The second kappa shape index (κ2) is 6.12. The van der Waals surface area contributed by atoms with Crippen LogP contribution >= 0.6 is 0 Å². The molecule has 142 valence electrons. The summed E-state index contributed by atoms with van der Waals surface area (Å²) < 4.78 is 1.12. The number of carbonyl (C=O) groups is 3. The molecule has 2 N–H and O–H groups in total. The summed E-state index contributed by atoms with van der Waals surface area (Å²) in [6, 6.07) is 5.32. The molecule has 1 aliphatic rings. The third kappa shape index (κ3) is 2.49. The number of hydrogen-bond donors (Lipinski definition) is 2. The number of carbonyl (C=O) groups excluding carboxylic acids is 3. The number of rotatable bonds is 3. The van der Waals surface area contributed by atoms with Crippen LogP contribution in [-0.2, 0) is 4.79 Å². The third-order valence-corrected chi connectivity index (χ3v) is 4.80. The first-order valence-electron chi connectivity index (χ1n) is 8.53. The summed E-state index contributed by atoms with van der Waals surface area (Å²) in [6.45, 7) is 4.77. The fourth-order valence-corrected chi connectivity index (χ4v) is 3.06. The Morgan fingerprint density at radius 2 is 1.68 bits per heavy atom. The molecule has 0 radical (unpaired) electrons. The Labute approximate surface area is 158 Å². The van der Waals surface area contributed by atoms with Crippen molar-refractivity contribution in [1.82, 2.24) is 24.5 Å². The van der Waals surface area contributed by atoms with E-state index in [1.54, 1.807) is 38.1 Å². The molecule has 0 saturated heterocycles. The maximum atomic E-state index is 12.6. The van der Waals surface area contributed by atoms with Crippen molar-refractivity contribution in [2.45, 2.75) is 26.8 Å². The van der Waals surface area contributed by atoms with E-state index in [1.165, 1.54) is 6.92 Å². The monoisotopic (exact) mass is 380 g/mol. The van der Waals surface area contributed by atoms with E-state index in [0.29, 0.717) is 11.3 Å². The maximum Gasteiger partial charge on any atom is 0.277 e. The van der Waals surface area contributed by atoms with Crippen molar-refractivity contribution >= 4 is 29.4 Å². The van der Waals surface area contributed by atoms with Gasteiger partial charge in [0.05, 0.1) is 11.1 Å². The summed E-state index contributed by atoms with van der Waals surface area (Å²) in [6.07, 6.45) is 0. The number of aromatic amines is 1. The van der Waals surface area contributed by atoms with Crippen LogP contribution < -0.4 is 10.9 Å². The smallest absolute Gasteiger partial charge is 0.277 e. The summed E-state index contributed by atoms with van der Waals surface area (Å²) in [5, 5.41) is 5.15. The van der Waals surface area contributed by atoms with Gasteiger partial charge < -0.3 is 0 Å². The molecule has 0 unspecified atom stereocenters. The SMILES string of the molecule is Cc1nc2nc(NC(=O)[C@@H](C)N3C(=O)c4ccccc4C3=O)[nH]n2c(=O)c1C. The van der Waals surface area contributed by atoms with Gasteiger partial charge >= 0.3 is 0 Å². The highest BCUT2D eigenvalue weighted by Crippen LogP contribution is 2.24. The van der Waals surface area contributed by atoms with Gasteiger partial charge in [0.15, 0.2) is 0 Å². The number of H-pyrrole nitrogens is 1. The Balaban J connectivity index is 1.60. The zero-order chi connectivity index (χ0) is 20.2. The lowest BCUT2D eigenvalue weighted by Gasteiger charge is -2.20. The van der Waals surface area contributed by atoms with Crippen LogP contribution in [0.1, 0.15) is 38.9 Å². The molecule has 0 bridgehead atoms. The van der Waals surface area contributed by atoms with Crippen LogP contribution in [0.15, 0.2) is 29.1 Å².